The lowest BCUT2D eigenvalue weighted by molar-refractivity contribution is -0.150. The highest BCUT2D eigenvalue weighted by molar-refractivity contribution is 7.88. The predicted molar refractivity (Wildman–Crippen MR) is 45.8 cm³/mol. The van der Waals surface area contributed by atoms with Gasteiger partial charge in [0, 0.05) is 0 Å². The van der Waals surface area contributed by atoms with Crippen LogP contribution < -0.4 is 0 Å². The van der Waals surface area contributed by atoms with Gasteiger partial charge in [-0.3, -0.25) is 14.1 Å². The molecule has 2 unspecified atom stereocenters. The molecule has 0 saturated carbocycles. The van der Waals surface area contributed by atoms with E-state index < -0.39 is 39.3 Å². The van der Waals surface area contributed by atoms with E-state index in [-0.39, 0.29) is 0 Å². The first kappa shape index (κ1) is 13.8. The lowest BCUT2D eigenvalue weighted by Gasteiger charge is -2.26. The number of aliphatic hydroxyl groups excluding tert-OH is 1. The maximum Gasteiger partial charge on any atom is 0.330 e. The van der Waals surface area contributed by atoms with Gasteiger partial charge in [-0.25, -0.2) is 0 Å². The van der Waals surface area contributed by atoms with Crippen LogP contribution in [0, 0.1) is 0 Å². The number of aliphatic hydroxyl groups is 1. The van der Waals surface area contributed by atoms with Gasteiger partial charge in [-0.15, -0.1) is 0 Å². The van der Waals surface area contributed by atoms with Crippen LogP contribution in [0.5, 0.6) is 0 Å². The standard InChI is InChI=1S/C6H10O8S/c1-3(7)6(5(10)11,2-4(8)9)15(12,13)14/h3,7H,2H2,1H3,(H,8,9)(H,10,11)(H,12,13,14). The molecule has 0 fully saturated rings. The van der Waals surface area contributed by atoms with E-state index in [1.807, 2.05) is 0 Å². The zero-order chi connectivity index (χ0) is 12.4. The van der Waals surface area contributed by atoms with E-state index in [1.54, 1.807) is 0 Å². The molecule has 15 heavy (non-hydrogen) atoms. The van der Waals surface area contributed by atoms with Gasteiger partial charge in [0.05, 0.1) is 12.5 Å². The average molecular weight is 242 g/mol. The maximum absolute atomic E-state index is 10.8. The first-order chi connectivity index (χ1) is 6.55. The third-order valence-corrected chi connectivity index (χ3v) is 3.49. The van der Waals surface area contributed by atoms with E-state index in [0.29, 0.717) is 0 Å². The van der Waals surface area contributed by atoms with Crippen molar-refractivity contribution in [2.45, 2.75) is 24.2 Å². The highest BCUT2D eigenvalue weighted by Gasteiger charge is 2.56. The summed E-state index contributed by atoms with van der Waals surface area (Å²) in [7, 11) is -5.25. The van der Waals surface area contributed by atoms with Gasteiger partial charge in [-0.05, 0) is 6.92 Å². The Hall–Kier alpha value is -1.19. The molecule has 0 amide bonds. The molecule has 0 aromatic rings. The molecule has 4 N–H and O–H groups in total. The molecule has 0 aromatic heterocycles. The van der Waals surface area contributed by atoms with E-state index in [1.165, 1.54) is 0 Å². The molecular formula is C6H10O8S. The number of carbonyl (C=O) groups is 2. The van der Waals surface area contributed by atoms with Crippen molar-refractivity contribution < 1.29 is 37.9 Å². The van der Waals surface area contributed by atoms with Crippen molar-refractivity contribution in [1.82, 2.24) is 0 Å². The van der Waals surface area contributed by atoms with Gasteiger partial charge in [-0.1, -0.05) is 0 Å². The summed E-state index contributed by atoms with van der Waals surface area (Å²) in [5, 5.41) is 26.0. The van der Waals surface area contributed by atoms with Crippen LogP contribution in [-0.2, 0) is 19.7 Å². The van der Waals surface area contributed by atoms with Crippen LogP contribution in [0.15, 0.2) is 0 Å². The normalized spacial score (nSPS) is 17.8. The van der Waals surface area contributed by atoms with E-state index in [2.05, 4.69) is 0 Å². The molecule has 2 atom stereocenters. The van der Waals surface area contributed by atoms with Crippen LogP contribution in [-0.4, -0.2) is 51.1 Å². The Morgan fingerprint density at radius 2 is 1.73 bits per heavy atom. The van der Waals surface area contributed by atoms with Crippen molar-refractivity contribution in [2.75, 3.05) is 0 Å². The molecule has 0 bridgehead atoms. The zero-order valence-electron chi connectivity index (χ0n) is 7.61. The number of carboxylic acids is 2. The SMILES string of the molecule is CC(O)C(CC(=O)O)(C(=O)O)S(=O)(=O)O. The number of aliphatic carboxylic acids is 2. The summed E-state index contributed by atoms with van der Waals surface area (Å²) in [6.07, 6.45) is -3.50. The van der Waals surface area contributed by atoms with E-state index >= 15 is 0 Å². The van der Waals surface area contributed by atoms with Gasteiger partial charge in [0.15, 0.2) is 0 Å². The Morgan fingerprint density at radius 3 is 1.80 bits per heavy atom. The van der Waals surface area contributed by atoms with E-state index in [0.717, 1.165) is 6.92 Å². The second-order valence-corrected chi connectivity index (χ2v) is 4.59. The van der Waals surface area contributed by atoms with Crippen molar-refractivity contribution >= 4 is 22.1 Å². The van der Waals surface area contributed by atoms with Crippen LogP contribution in [0.25, 0.3) is 0 Å². The Balaban J connectivity index is 5.71. The van der Waals surface area contributed by atoms with Gasteiger partial charge in [0.2, 0.25) is 4.75 Å². The zero-order valence-corrected chi connectivity index (χ0v) is 8.43. The Bertz CT molecular complexity index is 369. The topological polar surface area (TPSA) is 149 Å². The molecule has 0 rings (SSSR count). The minimum Gasteiger partial charge on any atom is -0.481 e. The number of hydrogen-bond donors (Lipinski definition) is 4. The van der Waals surface area contributed by atoms with E-state index in [9.17, 15) is 18.0 Å². The van der Waals surface area contributed by atoms with Crippen LogP contribution in [0.1, 0.15) is 13.3 Å². The fourth-order valence-electron chi connectivity index (χ4n) is 1.04. The molecule has 0 radical (unpaired) electrons. The first-order valence-electron chi connectivity index (χ1n) is 3.66. The van der Waals surface area contributed by atoms with Gasteiger partial charge in [0.1, 0.15) is 0 Å². The third kappa shape index (κ3) is 2.43. The number of hydrogen-bond acceptors (Lipinski definition) is 5. The molecule has 9 heteroatoms. The number of carboxylic acid groups (broad SMARTS) is 2. The van der Waals surface area contributed by atoms with Gasteiger partial charge < -0.3 is 15.3 Å². The summed E-state index contributed by atoms with van der Waals surface area (Å²) in [5.74, 6) is -3.89. The highest BCUT2D eigenvalue weighted by atomic mass is 32.2. The fourth-order valence-corrected chi connectivity index (χ4v) is 2.00. The van der Waals surface area contributed by atoms with Crippen LogP contribution in [0.4, 0.5) is 0 Å². The Labute approximate surface area is 84.9 Å². The van der Waals surface area contributed by atoms with Crippen LogP contribution in [0.2, 0.25) is 0 Å². The second kappa shape index (κ2) is 4.13. The van der Waals surface area contributed by atoms with Gasteiger partial charge in [0.25, 0.3) is 10.1 Å². The second-order valence-electron chi connectivity index (χ2n) is 2.92. The molecule has 0 aliphatic heterocycles. The molecule has 0 heterocycles. The summed E-state index contributed by atoms with van der Waals surface area (Å²) >= 11 is 0. The van der Waals surface area contributed by atoms with Crippen molar-refractivity contribution in [1.29, 1.82) is 0 Å². The van der Waals surface area contributed by atoms with Crippen LogP contribution >= 0.6 is 0 Å². The fraction of sp³-hybridized carbons (Fsp3) is 0.667. The van der Waals surface area contributed by atoms with E-state index in [4.69, 9.17) is 19.9 Å². The molecule has 0 aliphatic carbocycles. The maximum atomic E-state index is 10.8. The summed E-state index contributed by atoms with van der Waals surface area (Å²) in [6, 6.07) is 0. The molecular weight excluding hydrogens is 232 g/mol. The lowest BCUT2D eigenvalue weighted by atomic mass is 9.99. The van der Waals surface area contributed by atoms with Crippen molar-refractivity contribution in [3.63, 3.8) is 0 Å². The summed E-state index contributed by atoms with van der Waals surface area (Å²) in [6.45, 7) is 0.769. The predicted octanol–water partition coefficient (Wildman–Crippen LogP) is -1.45. The highest BCUT2D eigenvalue weighted by Crippen LogP contribution is 2.26. The lowest BCUT2D eigenvalue weighted by Crippen LogP contribution is -2.55. The molecule has 8 nitrogen and oxygen atoms in total. The monoisotopic (exact) mass is 242 g/mol. The average Bonchev–Trinajstić information content (AvgIpc) is 1.95. The molecule has 0 saturated heterocycles. The molecule has 0 spiro atoms. The Kier molecular flexibility index (Phi) is 3.80. The van der Waals surface area contributed by atoms with Crippen molar-refractivity contribution in [3.8, 4) is 0 Å². The van der Waals surface area contributed by atoms with Crippen LogP contribution in [0.3, 0.4) is 0 Å². The van der Waals surface area contributed by atoms with Crippen molar-refractivity contribution in [2.24, 2.45) is 0 Å². The summed E-state index contributed by atoms with van der Waals surface area (Å²) < 4.78 is 27.2. The smallest absolute Gasteiger partial charge is 0.330 e. The summed E-state index contributed by atoms with van der Waals surface area (Å²) in [4.78, 5) is 21.0. The molecule has 88 valence electrons. The quantitative estimate of drug-likeness (QED) is 0.428. The van der Waals surface area contributed by atoms with Gasteiger partial charge in [-0.2, -0.15) is 8.42 Å². The molecule has 0 aliphatic rings. The summed E-state index contributed by atoms with van der Waals surface area (Å²) in [5.41, 5.74) is 0. The van der Waals surface area contributed by atoms with Crippen molar-refractivity contribution in [3.05, 3.63) is 0 Å². The largest absolute Gasteiger partial charge is 0.481 e. The Morgan fingerprint density at radius 1 is 1.33 bits per heavy atom. The first-order valence-corrected chi connectivity index (χ1v) is 5.10. The van der Waals surface area contributed by atoms with Gasteiger partial charge >= 0.3 is 11.9 Å². The minimum atomic E-state index is -5.25. The minimum absolute atomic E-state index is 0.769. The number of rotatable bonds is 5. The third-order valence-electron chi connectivity index (χ3n) is 1.91. The molecule has 0 aromatic carbocycles.